The van der Waals surface area contributed by atoms with E-state index in [0.29, 0.717) is 22.4 Å². The smallest absolute Gasteiger partial charge is 0.163 e. The van der Waals surface area contributed by atoms with Crippen LogP contribution < -0.4 is 0 Å². The summed E-state index contributed by atoms with van der Waals surface area (Å²) in [4.78, 5) is 11.6. The van der Waals surface area contributed by atoms with Crippen LogP contribution in [0.15, 0.2) is 22.7 Å². The SMILES string of the molecule is CC(C)CC(=O)c1cc(F)cc(Br)c1. The second-order valence-corrected chi connectivity index (χ2v) is 4.59. The predicted octanol–water partition coefficient (Wildman–Crippen LogP) is 3.82. The van der Waals surface area contributed by atoms with Crippen molar-refractivity contribution in [2.24, 2.45) is 5.92 Å². The summed E-state index contributed by atoms with van der Waals surface area (Å²) in [5.74, 6) is -0.101. The van der Waals surface area contributed by atoms with Crippen molar-refractivity contribution in [2.45, 2.75) is 20.3 Å². The van der Waals surface area contributed by atoms with Crippen LogP contribution in [0.1, 0.15) is 30.6 Å². The first-order valence-electron chi connectivity index (χ1n) is 4.48. The first-order valence-corrected chi connectivity index (χ1v) is 5.27. The normalized spacial score (nSPS) is 10.6. The molecule has 76 valence electrons. The van der Waals surface area contributed by atoms with Gasteiger partial charge in [0.1, 0.15) is 5.82 Å². The second-order valence-electron chi connectivity index (χ2n) is 3.68. The highest BCUT2D eigenvalue weighted by Crippen LogP contribution is 2.17. The molecule has 0 saturated heterocycles. The maximum atomic E-state index is 12.9. The highest BCUT2D eigenvalue weighted by atomic mass is 79.9. The van der Waals surface area contributed by atoms with E-state index in [9.17, 15) is 9.18 Å². The van der Waals surface area contributed by atoms with E-state index in [1.54, 1.807) is 6.07 Å². The number of Topliss-reactive ketones (excluding diaryl/α,β-unsaturated/α-hetero) is 1. The lowest BCUT2D eigenvalue weighted by molar-refractivity contribution is 0.0967. The molecule has 0 fully saturated rings. The van der Waals surface area contributed by atoms with Crippen molar-refractivity contribution in [3.05, 3.63) is 34.1 Å². The van der Waals surface area contributed by atoms with E-state index in [1.165, 1.54) is 12.1 Å². The minimum Gasteiger partial charge on any atom is -0.294 e. The van der Waals surface area contributed by atoms with Gasteiger partial charge in [-0.2, -0.15) is 0 Å². The summed E-state index contributed by atoms with van der Waals surface area (Å²) >= 11 is 3.16. The average Bonchev–Trinajstić information content (AvgIpc) is 2.00. The number of hydrogen-bond acceptors (Lipinski definition) is 1. The molecule has 0 radical (unpaired) electrons. The fourth-order valence-corrected chi connectivity index (χ4v) is 1.67. The minimum atomic E-state index is -0.383. The fraction of sp³-hybridized carbons (Fsp3) is 0.364. The van der Waals surface area contributed by atoms with Crippen molar-refractivity contribution in [2.75, 3.05) is 0 Å². The summed E-state index contributed by atoms with van der Waals surface area (Å²) in [7, 11) is 0. The van der Waals surface area contributed by atoms with Crippen molar-refractivity contribution in [1.82, 2.24) is 0 Å². The van der Waals surface area contributed by atoms with Gasteiger partial charge in [-0.25, -0.2) is 4.39 Å². The fourth-order valence-electron chi connectivity index (χ4n) is 1.20. The average molecular weight is 259 g/mol. The topological polar surface area (TPSA) is 17.1 Å². The van der Waals surface area contributed by atoms with Crippen LogP contribution in [0.5, 0.6) is 0 Å². The van der Waals surface area contributed by atoms with E-state index < -0.39 is 0 Å². The molecule has 1 aromatic carbocycles. The molecule has 0 amide bonds. The Morgan fingerprint density at radius 2 is 2.07 bits per heavy atom. The van der Waals surface area contributed by atoms with Crippen LogP contribution in [0.25, 0.3) is 0 Å². The monoisotopic (exact) mass is 258 g/mol. The highest BCUT2D eigenvalue weighted by molar-refractivity contribution is 9.10. The first kappa shape index (κ1) is 11.4. The minimum absolute atomic E-state index is 0.0137. The van der Waals surface area contributed by atoms with E-state index in [-0.39, 0.29) is 11.6 Å². The molecule has 0 heterocycles. The van der Waals surface area contributed by atoms with Crippen LogP contribution in [-0.2, 0) is 0 Å². The molecule has 0 saturated carbocycles. The molecule has 1 nitrogen and oxygen atoms in total. The van der Waals surface area contributed by atoms with Gasteiger partial charge in [0.05, 0.1) is 0 Å². The van der Waals surface area contributed by atoms with Gasteiger partial charge in [-0.05, 0) is 24.1 Å². The number of hydrogen-bond donors (Lipinski definition) is 0. The standard InChI is InChI=1S/C11H12BrFO/c1-7(2)3-11(14)8-4-9(12)6-10(13)5-8/h4-7H,3H2,1-2H3. The summed E-state index contributed by atoms with van der Waals surface area (Å²) in [6.45, 7) is 3.93. The van der Waals surface area contributed by atoms with Crippen molar-refractivity contribution in [1.29, 1.82) is 0 Å². The van der Waals surface area contributed by atoms with Crippen LogP contribution in [-0.4, -0.2) is 5.78 Å². The molecule has 1 rings (SSSR count). The third-order valence-electron chi connectivity index (χ3n) is 1.78. The first-order chi connectivity index (χ1) is 6.49. The third kappa shape index (κ3) is 3.22. The Bertz CT molecular complexity index is 327. The van der Waals surface area contributed by atoms with Crippen LogP contribution in [0, 0.1) is 11.7 Å². The van der Waals surface area contributed by atoms with Gasteiger partial charge in [0.15, 0.2) is 5.78 Å². The molecule has 0 atom stereocenters. The van der Waals surface area contributed by atoms with Crippen LogP contribution in [0.4, 0.5) is 4.39 Å². The van der Waals surface area contributed by atoms with E-state index >= 15 is 0 Å². The summed E-state index contributed by atoms with van der Waals surface area (Å²) in [6.07, 6.45) is 0.454. The van der Waals surface area contributed by atoms with Crippen LogP contribution >= 0.6 is 15.9 Å². The van der Waals surface area contributed by atoms with E-state index in [1.807, 2.05) is 13.8 Å². The zero-order valence-electron chi connectivity index (χ0n) is 8.18. The Balaban J connectivity index is 2.90. The number of ketones is 1. The maximum Gasteiger partial charge on any atom is 0.163 e. The lowest BCUT2D eigenvalue weighted by Crippen LogP contribution is -2.03. The molecule has 0 aliphatic rings. The molecule has 14 heavy (non-hydrogen) atoms. The Labute approximate surface area is 91.5 Å². The highest BCUT2D eigenvalue weighted by Gasteiger charge is 2.09. The molecular formula is C11H12BrFO. The molecular weight excluding hydrogens is 247 g/mol. The molecule has 3 heteroatoms. The molecule has 0 N–H and O–H groups in total. The van der Waals surface area contributed by atoms with Crippen LogP contribution in [0.3, 0.4) is 0 Å². The summed E-state index contributed by atoms with van der Waals surface area (Å²) in [5, 5.41) is 0. The molecule has 1 aromatic rings. The Morgan fingerprint density at radius 3 is 2.57 bits per heavy atom. The lowest BCUT2D eigenvalue weighted by Gasteiger charge is -2.04. The van der Waals surface area contributed by atoms with Crippen molar-refractivity contribution >= 4 is 21.7 Å². The zero-order valence-corrected chi connectivity index (χ0v) is 9.77. The predicted molar refractivity (Wildman–Crippen MR) is 57.9 cm³/mol. The third-order valence-corrected chi connectivity index (χ3v) is 2.24. The lowest BCUT2D eigenvalue weighted by atomic mass is 10.0. The number of carbonyl (C=O) groups is 1. The quantitative estimate of drug-likeness (QED) is 0.754. The zero-order chi connectivity index (χ0) is 10.7. The Kier molecular flexibility index (Phi) is 3.81. The molecule has 0 spiro atoms. The van der Waals surface area contributed by atoms with Gasteiger partial charge in [-0.15, -0.1) is 0 Å². The summed E-state index contributed by atoms with van der Waals surface area (Å²) in [5.41, 5.74) is 0.436. The van der Waals surface area contributed by atoms with Gasteiger partial charge < -0.3 is 0 Å². The largest absolute Gasteiger partial charge is 0.294 e. The van der Waals surface area contributed by atoms with E-state index in [0.717, 1.165) is 0 Å². The number of carbonyl (C=O) groups excluding carboxylic acids is 1. The molecule has 0 aromatic heterocycles. The van der Waals surface area contributed by atoms with Crippen molar-refractivity contribution in [3.63, 3.8) is 0 Å². The van der Waals surface area contributed by atoms with Crippen LogP contribution in [0.2, 0.25) is 0 Å². The van der Waals surface area contributed by atoms with Gasteiger partial charge in [-0.3, -0.25) is 4.79 Å². The van der Waals surface area contributed by atoms with Gasteiger partial charge in [-0.1, -0.05) is 29.8 Å². The van der Waals surface area contributed by atoms with E-state index in [2.05, 4.69) is 15.9 Å². The molecule has 0 bridgehead atoms. The summed E-state index contributed by atoms with van der Waals surface area (Å²) < 4.78 is 13.5. The van der Waals surface area contributed by atoms with Crippen molar-refractivity contribution in [3.8, 4) is 0 Å². The second kappa shape index (κ2) is 4.69. The van der Waals surface area contributed by atoms with Gasteiger partial charge >= 0.3 is 0 Å². The number of benzene rings is 1. The molecule has 0 aliphatic heterocycles. The van der Waals surface area contributed by atoms with Gasteiger partial charge in [0, 0.05) is 16.5 Å². The maximum absolute atomic E-state index is 12.9. The molecule has 0 aliphatic carbocycles. The summed E-state index contributed by atoms with van der Waals surface area (Å²) in [6, 6.07) is 4.26. The molecule has 0 unspecified atom stereocenters. The van der Waals surface area contributed by atoms with E-state index in [4.69, 9.17) is 0 Å². The number of halogens is 2. The Hall–Kier alpha value is -0.700. The van der Waals surface area contributed by atoms with Crippen molar-refractivity contribution < 1.29 is 9.18 Å². The van der Waals surface area contributed by atoms with Gasteiger partial charge in [0.25, 0.3) is 0 Å². The Morgan fingerprint density at radius 1 is 1.43 bits per heavy atom. The number of rotatable bonds is 3. The van der Waals surface area contributed by atoms with Gasteiger partial charge in [0.2, 0.25) is 0 Å².